The highest BCUT2D eigenvalue weighted by atomic mass is 32.1. The molecule has 0 aliphatic rings. The number of amidine groups is 1. The van der Waals surface area contributed by atoms with Crippen LogP contribution in [0, 0.1) is 5.41 Å². The Bertz CT molecular complexity index is 1300. The second-order valence-electron chi connectivity index (χ2n) is 7.79. The molecule has 1 unspecified atom stereocenters. The third-order valence-electron chi connectivity index (χ3n) is 5.02. The standard InChI is InChI=1S/C26H25F3N6O2S/c1-17(20-4-3-5-23(14-20)36-2)34-25(38)35-33-15-18-6-8-19(9-7-18)24(30)32-16-31-21-10-12-22(13-11-21)37-26(27,28)29/h3-17H,1-2H3,(H2,30,31,32)(H2,34,35,38)/b33-15+. The molecule has 0 heterocycles. The van der Waals surface area contributed by atoms with Gasteiger partial charge in [-0.15, -0.1) is 13.2 Å². The normalized spacial score (nSPS) is 12.2. The second-order valence-corrected chi connectivity index (χ2v) is 8.20. The van der Waals surface area contributed by atoms with Crippen molar-refractivity contribution < 1.29 is 22.6 Å². The van der Waals surface area contributed by atoms with E-state index in [9.17, 15) is 13.2 Å². The lowest BCUT2D eigenvalue weighted by molar-refractivity contribution is -0.274. The molecule has 0 saturated carbocycles. The van der Waals surface area contributed by atoms with E-state index >= 15 is 0 Å². The van der Waals surface area contributed by atoms with E-state index in [1.54, 1.807) is 37.6 Å². The molecule has 8 nitrogen and oxygen atoms in total. The van der Waals surface area contributed by atoms with Crippen LogP contribution >= 0.6 is 12.2 Å². The molecule has 198 valence electrons. The molecule has 0 bridgehead atoms. The van der Waals surface area contributed by atoms with E-state index in [0.717, 1.165) is 16.9 Å². The Balaban J connectivity index is 1.45. The molecule has 38 heavy (non-hydrogen) atoms. The molecule has 0 fully saturated rings. The van der Waals surface area contributed by atoms with Crippen LogP contribution in [0.2, 0.25) is 0 Å². The summed E-state index contributed by atoms with van der Waals surface area (Å²) in [6.07, 6.45) is -1.87. The molecule has 0 radical (unpaired) electrons. The minimum absolute atomic E-state index is 0.00644. The average Bonchev–Trinajstić information content (AvgIpc) is 2.89. The van der Waals surface area contributed by atoms with Crippen molar-refractivity contribution in [3.8, 4) is 11.5 Å². The zero-order valence-corrected chi connectivity index (χ0v) is 21.2. The number of thiocarbonyl (C=S) groups is 1. The fourth-order valence-electron chi connectivity index (χ4n) is 3.11. The fourth-order valence-corrected chi connectivity index (χ4v) is 3.34. The van der Waals surface area contributed by atoms with Gasteiger partial charge in [-0.2, -0.15) is 5.10 Å². The number of halogens is 3. The minimum atomic E-state index is -4.75. The Morgan fingerprint density at radius 3 is 2.39 bits per heavy atom. The molecular weight excluding hydrogens is 517 g/mol. The number of rotatable bonds is 9. The molecule has 12 heteroatoms. The number of hydrazone groups is 1. The Hall–Kier alpha value is -4.45. The molecule has 1 atom stereocenters. The summed E-state index contributed by atoms with van der Waals surface area (Å²) in [6, 6.07) is 19.7. The number of hydrogen-bond donors (Lipinski definition) is 4. The van der Waals surface area contributed by atoms with E-state index in [1.165, 1.54) is 30.6 Å². The van der Waals surface area contributed by atoms with Gasteiger partial charge < -0.3 is 20.1 Å². The van der Waals surface area contributed by atoms with Crippen molar-refractivity contribution in [1.29, 1.82) is 5.41 Å². The van der Waals surface area contributed by atoms with Crippen molar-refractivity contribution in [3.05, 3.63) is 89.5 Å². The summed E-state index contributed by atoms with van der Waals surface area (Å²) < 4.78 is 45.7. The van der Waals surface area contributed by atoms with Gasteiger partial charge in [0.05, 0.1) is 25.7 Å². The highest BCUT2D eigenvalue weighted by molar-refractivity contribution is 7.80. The number of benzene rings is 3. The first-order valence-electron chi connectivity index (χ1n) is 11.2. The van der Waals surface area contributed by atoms with Crippen LogP contribution in [0.3, 0.4) is 0 Å². The average molecular weight is 543 g/mol. The number of nitrogens with zero attached hydrogens (tertiary/aromatic N) is 2. The Labute approximate surface area is 223 Å². The van der Waals surface area contributed by atoms with Gasteiger partial charge in [-0.1, -0.05) is 36.4 Å². The Morgan fingerprint density at radius 1 is 1.03 bits per heavy atom. The number of anilines is 1. The van der Waals surface area contributed by atoms with Crippen LogP contribution in [0.15, 0.2) is 82.9 Å². The summed E-state index contributed by atoms with van der Waals surface area (Å²) in [6.45, 7) is 1.97. The van der Waals surface area contributed by atoms with Crippen molar-refractivity contribution in [2.45, 2.75) is 19.3 Å². The quantitative estimate of drug-likeness (QED) is 0.121. The maximum absolute atomic E-state index is 12.2. The fraction of sp³-hybridized carbons (Fsp3) is 0.154. The van der Waals surface area contributed by atoms with Gasteiger partial charge in [0, 0.05) is 11.3 Å². The minimum Gasteiger partial charge on any atom is -0.497 e. The smallest absolute Gasteiger partial charge is 0.497 e. The van der Waals surface area contributed by atoms with Crippen LogP contribution in [0.1, 0.15) is 29.7 Å². The monoisotopic (exact) mass is 542 g/mol. The molecular formula is C26H25F3N6O2S. The van der Waals surface area contributed by atoms with Crippen LogP contribution in [-0.2, 0) is 0 Å². The molecule has 3 rings (SSSR count). The SMILES string of the molecule is COc1cccc(C(C)NC(=S)N/N=C/c2ccc(C(=N)/N=C\Nc3ccc(OC(F)(F)F)cc3)cc2)c1. The molecule has 3 aromatic carbocycles. The molecule has 4 N–H and O–H groups in total. The maximum Gasteiger partial charge on any atom is 0.573 e. The van der Waals surface area contributed by atoms with Crippen molar-refractivity contribution in [3.63, 3.8) is 0 Å². The maximum atomic E-state index is 12.2. The summed E-state index contributed by atoms with van der Waals surface area (Å²) in [5.74, 6) is 0.431. The van der Waals surface area contributed by atoms with Crippen molar-refractivity contribution in [1.82, 2.24) is 10.7 Å². The first-order valence-corrected chi connectivity index (χ1v) is 11.6. The van der Waals surface area contributed by atoms with E-state index in [0.29, 0.717) is 16.4 Å². The predicted molar refractivity (Wildman–Crippen MR) is 146 cm³/mol. The Morgan fingerprint density at radius 2 is 1.74 bits per heavy atom. The van der Waals surface area contributed by atoms with Gasteiger partial charge in [0.1, 0.15) is 11.5 Å². The number of aliphatic imine (C=N–C) groups is 1. The first kappa shape index (κ1) is 28.1. The molecule has 3 aromatic rings. The highest BCUT2D eigenvalue weighted by Crippen LogP contribution is 2.23. The summed E-state index contributed by atoms with van der Waals surface area (Å²) in [4.78, 5) is 4.01. The van der Waals surface area contributed by atoms with Crippen molar-refractivity contribution >= 4 is 41.4 Å². The van der Waals surface area contributed by atoms with Crippen LogP contribution in [0.5, 0.6) is 11.5 Å². The lowest BCUT2D eigenvalue weighted by atomic mass is 10.1. The van der Waals surface area contributed by atoms with E-state index < -0.39 is 6.36 Å². The molecule has 0 saturated heterocycles. The van der Waals surface area contributed by atoms with Gasteiger partial charge in [-0.25, -0.2) is 4.99 Å². The number of nitrogens with one attached hydrogen (secondary N) is 4. The highest BCUT2D eigenvalue weighted by Gasteiger charge is 2.30. The van der Waals surface area contributed by atoms with Crippen LogP contribution in [0.25, 0.3) is 0 Å². The van der Waals surface area contributed by atoms with E-state index in [4.69, 9.17) is 22.4 Å². The van der Waals surface area contributed by atoms with Crippen molar-refractivity contribution in [2.75, 3.05) is 12.4 Å². The summed E-state index contributed by atoms with van der Waals surface area (Å²) >= 11 is 5.30. The molecule has 0 aliphatic carbocycles. The number of alkyl halides is 3. The number of hydrogen-bond acceptors (Lipinski definition) is 5. The summed E-state index contributed by atoms with van der Waals surface area (Å²) in [7, 11) is 1.62. The lowest BCUT2D eigenvalue weighted by Crippen LogP contribution is -2.34. The number of ether oxygens (including phenoxy) is 2. The molecule has 0 spiro atoms. The Kier molecular flexibility index (Phi) is 9.77. The van der Waals surface area contributed by atoms with Crippen LogP contribution in [0.4, 0.5) is 18.9 Å². The predicted octanol–water partition coefficient (Wildman–Crippen LogP) is 5.62. The topological polar surface area (TPSA) is 103 Å². The summed E-state index contributed by atoms with van der Waals surface area (Å²) in [5, 5.41) is 18.5. The van der Waals surface area contributed by atoms with Crippen LogP contribution < -0.4 is 25.5 Å². The van der Waals surface area contributed by atoms with E-state index in [2.05, 4.69) is 30.9 Å². The van der Waals surface area contributed by atoms with Gasteiger partial charge in [0.25, 0.3) is 0 Å². The van der Waals surface area contributed by atoms with Gasteiger partial charge in [-0.05, 0) is 66.7 Å². The first-order chi connectivity index (χ1) is 18.1. The molecule has 0 aliphatic heterocycles. The van der Waals surface area contributed by atoms with Gasteiger partial charge in [-0.3, -0.25) is 10.8 Å². The van der Waals surface area contributed by atoms with Crippen molar-refractivity contribution in [2.24, 2.45) is 10.1 Å². The zero-order chi connectivity index (χ0) is 27.5. The van der Waals surface area contributed by atoms with Gasteiger partial charge in [0.2, 0.25) is 0 Å². The molecule has 0 amide bonds. The third kappa shape index (κ3) is 9.21. The van der Waals surface area contributed by atoms with E-state index in [-0.39, 0.29) is 17.6 Å². The summed E-state index contributed by atoms with van der Waals surface area (Å²) in [5.41, 5.74) is 5.62. The van der Waals surface area contributed by atoms with Gasteiger partial charge in [0.15, 0.2) is 10.9 Å². The largest absolute Gasteiger partial charge is 0.573 e. The third-order valence-corrected chi connectivity index (χ3v) is 5.23. The second kappa shape index (κ2) is 13.2. The lowest BCUT2D eigenvalue weighted by Gasteiger charge is -2.16. The van der Waals surface area contributed by atoms with E-state index in [1.807, 2.05) is 31.2 Å². The molecule has 0 aromatic heterocycles. The van der Waals surface area contributed by atoms with Gasteiger partial charge >= 0.3 is 6.36 Å². The zero-order valence-electron chi connectivity index (χ0n) is 20.4. The van der Waals surface area contributed by atoms with Crippen LogP contribution in [-0.4, -0.2) is 37.0 Å². The number of methoxy groups -OCH3 is 1.